The number of nitrogens with one attached hydrogen (secondary N) is 2. The molecule has 1 aromatic heterocycles. The van der Waals surface area contributed by atoms with Crippen molar-refractivity contribution < 1.29 is 9.53 Å². The molecule has 0 unspecified atom stereocenters. The molecule has 6 heteroatoms. The second-order valence-electron chi connectivity index (χ2n) is 5.96. The quantitative estimate of drug-likeness (QED) is 0.667. The van der Waals surface area contributed by atoms with Crippen LogP contribution in [0.4, 0.5) is 11.6 Å². The molecule has 0 fully saturated rings. The van der Waals surface area contributed by atoms with E-state index in [9.17, 15) is 4.79 Å². The molecule has 3 aromatic rings. The lowest BCUT2D eigenvalue weighted by atomic mass is 10.1. The Morgan fingerprint density at radius 1 is 1.04 bits per heavy atom. The monoisotopic (exact) mass is 362 g/mol. The van der Waals surface area contributed by atoms with Gasteiger partial charge in [-0.15, -0.1) is 0 Å². The van der Waals surface area contributed by atoms with Crippen molar-refractivity contribution in [2.45, 2.75) is 20.4 Å². The number of rotatable bonds is 7. The van der Waals surface area contributed by atoms with Crippen molar-refractivity contribution in [1.82, 2.24) is 15.3 Å². The van der Waals surface area contributed by atoms with Gasteiger partial charge < -0.3 is 15.4 Å². The minimum atomic E-state index is -0.209. The van der Waals surface area contributed by atoms with Gasteiger partial charge in [-0.1, -0.05) is 36.4 Å². The maximum absolute atomic E-state index is 12.3. The lowest BCUT2D eigenvalue weighted by Crippen LogP contribution is -2.23. The van der Waals surface area contributed by atoms with Crippen LogP contribution in [0.2, 0.25) is 0 Å². The predicted molar refractivity (Wildman–Crippen MR) is 105 cm³/mol. The molecule has 1 heterocycles. The SMILES string of the molecule is CCOc1ccccc1Nc1ncc(C(=O)NCc2ccccc2C)cn1. The van der Waals surface area contributed by atoms with Gasteiger partial charge in [0.1, 0.15) is 5.75 Å². The Morgan fingerprint density at radius 2 is 1.74 bits per heavy atom. The molecule has 0 radical (unpaired) electrons. The topological polar surface area (TPSA) is 76.1 Å². The number of aromatic nitrogens is 2. The molecule has 1 amide bonds. The molecule has 0 bridgehead atoms. The summed E-state index contributed by atoms with van der Waals surface area (Å²) in [5.74, 6) is 0.917. The molecule has 0 spiro atoms. The minimum Gasteiger partial charge on any atom is -0.492 e. The molecule has 6 nitrogen and oxygen atoms in total. The van der Waals surface area contributed by atoms with Gasteiger partial charge in [-0.2, -0.15) is 0 Å². The first-order valence-corrected chi connectivity index (χ1v) is 8.81. The van der Waals surface area contributed by atoms with E-state index in [1.54, 1.807) is 0 Å². The molecule has 0 aliphatic rings. The number of para-hydroxylation sites is 2. The normalized spacial score (nSPS) is 10.3. The molecule has 2 aromatic carbocycles. The van der Waals surface area contributed by atoms with Gasteiger partial charge in [0, 0.05) is 18.9 Å². The number of benzene rings is 2. The number of hydrogen-bond acceptors (Lipinski definition) is 5. The van der Waals surface area contributed by atoms with Gasteiger partial charge in [0.05, 0.1) is 17.9 Å². The predicted octanol–water partition coefficient (Wildman–Crippen LogP) is 3.86. The lowest BCUT2D eigenvalue weighted by Gasteiger charge is -2.11. The Hall–Kier alpha value is -3.41. The van der Waals surface area contributed by atoms with E-state index < -0.39 is 0 Å². The highest BCUT2D eigenvalue weighted by molar-refractivity contribution is 5.93. The van der Waals surface area contributed by atoms with Gasteiger partial charge in [-0.3, -0.25) is 4.79 Å². The summed E-state index contributed by atoms with van der Waals surface area (Å²) in [5.41, 5.74) is 3.41. The van der Waals surface area contributed by atoms with Gasteiger partial charge in [0.15, 0.2) is 0 Å². The maximum atomic E-state index is 12.3. The summed E-state index contributed by atoms with van der Waals surface area (Å²) in [5, 5.41) is 6.00. The third kappa shape index (κ3) is 4.82. The van der Waals surface area contributed by atoms with E-state index in [1.165, 1.54) is 12.4 Å². The highest BCUT2D eigenvalue weighted by Gasteiger charge is 2.09. The van der Waals surface area contributed by atoms with Crippen LogP contribution in [0.15, 0.2) is 60.9 Å². The van der Waals surface area contributed by atoms with Gasteiger partial charge in [-0.05, 0) is 37.1 Å². The number of anilines is 2. The summed E-state index contributed by atoms with van der Waals surface area (Å²) in [6, 6.07) is 15.5. The number of amides is 1. The fourth-order valence-corrected chi connectivity index (χ4v) is 2.57. The minimum absolute atomic E-state index is 0.209. The summed E-state index contributed by atoms with van der Waals surface area (Å²) >= 11 is 0. The number of carbonyl (C=O) groups excluding carboxylic acids is 1. The largest absolute Gasteiger partial charge is 0.492 e. The van der Waals surface area contributed by atoms with Gasteiger partial charge >= 0.3 is 0 Å². The van der Waals surface area contributed by atoms with Gasteiger partial charge in [0.2, 0.25) is 5.95 Å². The van der Waals surface area contributed by atoms with Crippen molar-refractivity contribution in [2.24, 2.45) is 0 Å². The van der Waals surface area contributed by atoms with Crippen LogP contribution in [-0.4, -0.2) is 22.5 Å². The molecular formula is C21H22N4O2. The van der Waals surface area contributed by atoms with E-state index in [0.717, 1.165) is 22.6 Å². The van der Waals surface area contributed by atoms with Crippen LogP contribution in [0.25, 0.3) is 0 Å². The highest BCUT2D eigenvalue weighted by atomic mass is 16.5. The summed E-state index contributed by atoms with van der Waals surface area (Å²) in [6.45, 7) is 4.98. The average molecular weight is 362 g/mol. The molecule has 0 saturated carbocycles. The first-order chi connectivity index (χ1) is 13.2. The Labute approximate surface area is 158 Å². The van der Waals surface area contributed by atoms with E-state index in [1.807, 2.05) is 62.4 Å². The molecule has 0 aliphatic carbocycles. The van der Waals surface area contributed by atoms with Crippen molar-refractivity contribution in [3.05, 3.63) is 77.6 Å². The van der Waals surface area contributed by atoms with E-state index >= 15 is 0 Å². The van der Waals surface area contributed by atoms with E-state index in [2.05, 4.69) is 20.6 Å². The zero-order valence-electron chi connectivity index (χ0n) is 15.4. The molecule has 3 rings (SSSR count). The van der Waals surface area contributed by atoms with Crippen molar-refractivity contribution in [3.8, 4) is 5.75 Å². The molecule has 0 aliphatic heterocycles. The molecule has 0 saturated heterocycles. The Balaban J connectivity index is 1.63. The average Bonchev–Trinajstić information content (AvgIpc) is 2.69. The summed E-state index contributed by atoms with van der Waals surface area (Å²) in [4.78, 5) is 20.8. The number of hydrogen-bond donors (Lipinski definition) is 2. The van der Waals surface area contributed by atoms with E-state index in [0.29, 0.717) is 24.7 Å². The van der Waals surface area contributed by atoms with Crippen molar-refractivity contribution >= 4 is 17.5 Å². The Morgan fingerprint density at radius 3 is 2.48 bits per heavy atom. The van der Waals surface area contributed by atoms with Crippen molar-refractivity contribution in [1.29, 1.82) is 0 Å². The summed E-state index contributed by atoms with van der Waals surface area (Å²) in [7, 11) is 0. The van der Waals surface area contributed by atoms with Gasteiger partial charge in [0.25, 0.3) is 5.91 Å². The van der Waals surface area contributed by atoms with E-state index in [-0.39, 0.29) is 5.91 Å². The van der Waals surface area contributed by atoms with Crippen LogP contribution in [0.3, 0.4) is 0 Å². The van der Waals surface area contributed by atoms with Crippen LogP contribution in [0, 0.1) is 6.92 Å². The van der Waals surface area contributed by atoms with Gasteiger partial charge in [-0.25, -0.2) is 9.97 Å². The first kappa shape index (κ1) is 18.4. The van der Waals surface area contributed by atoms with Crippen LogP contribution in [0.1, 0.15) is 28.4 Å². The highest BCUT2D eigenvalue weighted by Crippen LogP contribution is 2.25. The molecule has 27 heavy (non-hydrogen) atoms. The second-order valence-corrected chi connectivity index (χ2v) is 5.96. The van der Waals surface area contributed by atoms with Crippen molar-refractivity contribution in [3.63, 3.8) is 0 Å². The third-order valence-electron chi connectivity index (χ3n) is 4.05. The Kier molecular flexibility index (Phi) is 5.99. The number of ether oxygens (including phenoxy) is 1. The molecule has 0 atom stereocenters. The number of nitrogens with zero attached hydrogens (tertiary/aromatic N) is 2. The van der Waals surface area contributed by atoms with Crippen LogP contribution < -0.4 is 15.4 Å². The fraction of sp³-hybridized carbons (Fsp3) is 0.190. The lowest BCUT2D eigenvalue weighted by molar-refractivity contribution is 0.0950. The summed E-state index contributed by atoms with van der Waals surface area (Å²) < 4.78 is 5.57. The summed E-state index contributed by atoms with van der Waals surface area (Å²) in [6.07, 6.45) is 3.01. The zero-order valence-corrected chi connectivity index (χ0v) is 15.4. The Bertz CT molecular complexity index is 910. The third-order valence-corrected chi connectivity index (χ3v) is 4.05. The van der Waals surface area contributed by atoms with Crippen LogP contribution >= 0.6 is 0 Å². The molecule has 2 N–H and O–H groups in total. The fourth-order valence-electron chi connectivity index (χ4n) is 2.57. The standard InChI is InChI=1S/C21H22N4O2/c1-3-27-19-11-7-6-10-18(19)25-21-23-13-17(14-24-21)20(26)22-12-16-9-5-4-8-15(16)2/h4-11,13-14H,3,12H2,1-2H3,(H,22,26)(H,23,24,25). The van der Waals surface area contributed by atoms with Crippen LogP contribution in [-0.2, 0) is 6.54 Å². The van der Waals surface area contributed by atoms with Crippen LogP contribution in [0.5, 0.6) is 5.75 Å². The second kappa shape index (κ2) is 8.80. The van der Waals surface area contributed by atoms with E-state index in [4.69, 9.17) is 4.74 Å². The van der Waals surface area contributed by atoms with Crippen molar-refractivity contribution in [2.75, 3.05) is 11.9 Å². The smallest absolute Gasteiger partial charge is 0.254 e. The molecular weight excluding hydrogens is 340 g/mol. The number of carbonyl (C=O) groups is 1. The number of aryl methyl sites for hydroxylation is 1. The molecule has 138 valence electrons. The zero-order chi connectivity index (χ0) is 19.1. The first-order valence-electron chi connectivity index (χ1n) is 8.81. The maximum Gasteiger partial charge on any atom is 0.254 e.